The van der Waals surface area contributed by atoms with Gasteiger partial charge >= 0.3 is 0 Å². The summed E-state index contributed by atoms with van der Waals surface area (Å²) in [5.74, 6) is -0.217. The number of Topliss-reactive ketones (excluding diaryl/α,β-unsaturated/α-hetero) is 1. The summed E-state index contributed by atoms with van der Waals surface area (Å²) in [5.41, 5.74) is 0.532. The standard InChI is InChI=1S/C15H27Cl3O3Si/c1-10(2)12(20)8-11(19)9-13(15(16,17)18)21-22(6,7)14(3,4)5/h12-13,20H,1,8-9H2,2-7H3/t12-,13+/m1/s1. The Bertz CT molecular complexity index is 411. The Morgan fingerprint density at radius 3 is 2.00 bits per heavy atom. The van der Waals surface area contributed by atoms with Gasteiger partial charge in [0.1, 0.15) is 5.78 Å². The third-order valence-electron chi connectivity index (χ3n) is 4.01. The van der Waals surface area contributed by atoms with E-state index in [4.69, 9.17) is 39.2 Å². The molecule has 0 aliphatic carbocycles. The Hall–Kier alpha value is 0.417. The molecular formula is C15H27Cl3O3Si. The van der Waals surface area contributed by atoms with Crippen molar-refractivity contribution in [2.24, 2.45) is 0 Å². The van der Waals surface area contributed by atoms with Crippen molar-refractivity contribution < 1.29 is 14.3 Å². The molecule has 0 aromatic carbocycles. The molecule has 22 heavy (non-hydrogen) atoms. The van der Waals surface area contributed by atoms with Crippen molar-refractivity contribution in [3.63, 3.8) is 0 Å². The monoisotopic (exact) mass is 388 g/mol. The molecule has 0 radical (unpaired) electrons. The summed E-state index contributed by atoms with van der Waals surface area (Å²) in [4.78, 5) is 12.1. The van der Waals surface area contributed by atoms with Gasteiger partial charge in [0.25, 0.3) is 0 Å². The first-order valence-corrected chi connectivity index (χ1v) is 11.2. The first-order chi connectivity index (χ1) is 9.58. The minimum absolute atomic E-state index is 0.0482. The number of aliphatic hydroxyl groups is 1. The van der Waals surface area contributed by atoms with Gasteiger partial charge in [-0.3, -0.25) is 4.79 Å². The number of ketones is 1. The Kier molecular flexibility index (Phi) is 8.15. The van der Waals surface area contributed by atoms with Crippen molar-refractivity contribution in [2.75, 3.05) is 0 Å². The number of rotatable bonds is 7. The first kappa shape index (κ1) is 22.4. The highest BCUT2D eigenvalue weighted by Crippen LogP contribution is 2.42. The van der Waals surface area contributed by atoms with Gasteiger partial charge in [0.15, 0.2) is 8.32 Å². The molecule has 3 nitrogen and oxygen atoms in total. The van der Waals surface area contributed by atoms with E-state index in [0.717, 1.165) is 0 Å². The lowest BCUT2D eigenvalue weighted by Crippen LogP contribution is -2.48. The van der Waals surface area contributed by atoms with E-state index in [9.17, 15) is 9.90 Å². The maximum atomic E-state index is 12.1. The minimum Gasteiger partial charge on any atom is -0.409 e. The van der Waals surface area contributed by atoms with Crippen LogP contribution in [0.5, 0.6) is 0 Å². The number of hydrogen-bond acceptors (Lipinski definition) is 3. The summed E-state index contributed by atoms with van der Waals surface area (Å²) in [6, 6.07) is 0. The lowest BCUT2D eigenvalue weighted by Gasteiger charge is -2.41. The second-order valence-corrected chi connectivity index (χ2v) is 14.3. The van der Waals surface area contributed by atoms with E-state index < -0.39 is 24.3 Å². The summed E-state index contributed by atoms with van der Waals surface area (Å²) in [7, 11) is -2.19. The molecule has 0 saturated heterocycles. The van der Waals surface area contributed by atoms with Crippen molar-refractivity contribution in [3.05, 3.63) is 12.2 Å². The molecule has 0 spiro atoms. The van der Waals surface area contributed by atoms with Gasteiger partial charge in [-0.2, -0.15) is 0 Å². The molecule has 1 N–H and O–H groups in total. The molecule has 0 aliphatic rings. The highest BCUT2D eigenvalue weighted by atomic mass is 35.6. The smallest absolute Gasteiger partial charge is 0.215 e. The molecule has 0 saturated carbocycles. The first-order valence-electron chi connectivity index (χ1n) is 7.17. The zero-order chi connectivity index (χ0) is 17.9. The van der Waals surface area contributed by atoms with Crippen LogP contribution in [0.15, 0.2) is 12.2 Å². The fraction of sp³-hybridized carbons (Fsp3) is 0.800. The van der Waals surface area contributed by atoms with Gasteiger partial charge in [0.05, 0.1) is 12.2 Å². The third kappa shape index (κ3) is 7.32. The average Bonchev–Trinajstić information content (AvgIpc) is 2.24. The summed E-state index contributed by atoms with van der Waals surface area (Å²) in [5, 5.41) is 9.65. The molecule has 0 heterocycles. The molecule has 0 aromatic heterocycles. The molecule has 7 heteroatoms. The van der Waals surface area contributed by atoms with Crippen molar-refractivity contribution in [3.8, 4) is 0 Å². The highest BCUT2D eigenvalue weighted by Gasteiger charge is 2.44. The zero-order valence-corrected chi connectivity index (χ0v) is 17.4. The van der Waals surface area contributed by atoms with Crippen molar-refractivity contribution >= 4 is 48.9 Å². The van der Waals surface area contributed by atoms with Crippen molar-refractivity contribution in [2.45, 2.75) is 74.7 Å². The molecule has 0 rings (SSSR count). The molecule has 0 aromatic rings. The molecular weight excluding hydrogens is 363 g/mol. The molecule has 0 fully saturated rings. The summed E-state index contributed by atoms with van der Waals surface area (Å²) in [6.07, 6.45) is -1.81. The second kappa shape index (κ2) is 7.99. The largest absolute Gasteiger partial charge is 0.409 e. The average molecular weight is 390 g/mol. The molecule has 0 amide bonds. The fourth-order valence-electron chi connectivity index (χ4n) is 1.44. The van der Waals surface area contributed by atoms with E-state index in [0.29, 0.717) is 5.57 Å². The normalized spacial score (nSPS) is 16.3. The van der Waals surface area contributed by atoms with E-state index in [1.165, 1.54) is 0 Å². The molecule has 2 atom stereocenters. The van der Waals surface area contributed by atoms with Crippen molar-refractivity contribution in [1.82, 2.24) is 0 Å². The van der Waals surface area contributed by atoms with Crippen LogP contribution in [-0.2, 0) is 9.22 Å². The Morgan fingerprint density at radius 1 is 1.23 bits per heavy atom. The maximum Gasteiger partial charge on any atom is 0.215 e. The van der Waals surface area contributed by atoms with Crippen LogP contribution in [0, 0.1) is 0 Å². The van der Waals surface area contributed by atoms with Gasteiger partial charge in [0.2, 0.25) is 3.79 Å². The SMILES string of the molecule is C=C(C)[C@H](O)CC(=O)C[C@H](O[Si](C)(C)C(C)(C)C)C(Cl)(Cl)Cl. The number of carbonyl (C=O) groups excluding carboxylic acids is 1. The number of hydrogen-bond donors (Lipinski definition) is 1. The van der Waals surface area contributed by atoms with Gasteiger partial charge in [-0.25, -0.2) is 0 Å². The van der Waals surface area contributed by atoms with E-state index in [-0.39, 0.29) is 23.7 Å². The number of alkyl halides is 3. The minimum atomic E-state index is -2.19. The summed E-state index contributed by atoms with van der Waals surface area (Å²) < 4.78 is 4.40. The van der Waals surface area contributed by atoms with Crippen LogP contribution in [-0.4, -0.2) is 35.2 Å². The second-order valence-electron chi connectivity index (χ2n) is 7.22. The van der Waals surface area contributed by atoms with E-state index >= 15 is 0 Å². The van der Waals surface area contributed by atoms with Gasteiger partial charge in [-0.05, 0) is 25.1 Å². The van der Waals surface area contributed by atoms with Crippen LogP contribution in [0.3, 0.4) is 0 Å². The number of aliphatic hydroxyl groups excluding tert-OH is 1. The van der Waals surface area contributed by atoms with Crippen LogP contribution < -0.4 is 0 Å². The Labute approximate surface area is 150 Å². The predicted octanol–water partition coefficient (Wildman–Crippen LogP) is 5.03. The lowest BCUT2D eigenvalue weighted by atomic mass is 10.0. The van der Waals surface area contributed by atoms with Gasteiger partial charge in [-0.15, -0.1) is 0 Å². The van der Waals surface area contributed by atoms with Gasteiger partial charge in [0, 0.05) is 12.8 Å². The van der Waals surface area contributed by atoms with Gasteiger partial charge in [-0.1, -0.05) is 67.7 Å². The van der Waals surface area contributed by atoms with Crippen LogP contribution >= 0.6 is 34.8 Å². The molecule has 0 bridgehead atoms. The zero-order valence-electron chi connectivity index (χ0n) is 14.2. The maximum absolute atomic E-state index is 12.1. The highest BCUT2D eigenvalue weighted by molar-refractivity contribution is 6.74. The molecule has 0 aliphatic heterocycles. The van der Waals surface area contributed by atoms with Crippen LogP contribution in [0.1, 0.15) is 40.5 Å². The van der Waals surface area contributed by atoms with Crippen LogP contribution in [0.2, 0.25) is 18.1 Å². The molecule has 130 valence electrons. The number of carbonyl (C=O) groups is 1. The van der Waals surface area contributed by atoms with Crippen molar-refractivity contribution in [1.29, 1.82) is 0 Å². The third-order valence-corrected chi connectivity index (χ3v) is 9.23. The Morgan fingerprint density at radius 2 is 1.68 bits per heavy atom. The van der Waals surface area contributed by atoms with E-state index in [1.54, 1.807) is 6.92 Å². The topological polar surface area (TPSA) is 46.5 Å². The lowest BCUT2D eigenvalue weighted by molar-refractivity contribution is -0.122. The quantitative estimate of drug-likeness (QED) is 0.377. The number of halogens is 3. The fourth-order valence-corrected chi connectivity index (χ4v) is 3.35. The van der Waals surface area contributed by atoms with Gasteiger partial charge < -0.3 is 9.53 Å². The summed E-state index contributed by atoms with van der Waals surface area (Å²) in [6.45, 7) is 15.6. The molecule has 0 unspecified atom stereocenters. The van der Waals surface area contributed by atoms with E-state index in [2.05, 4.69) is 27.4 Å². The Balaban J connectivity index is 5.04. The van der Waals surface area contributed by atoms with E-state index in [1.807, 2.05) is 13.1 Å². The van der Waals surface area contributed by atoms with Crippen LogP contribution in [0.25, 0.3) is 0 Å². The predicted molar refractivity (Wildman–Crippen MR) is 97.4 cm³/mol. The van der Waals surface area contributed by atoms with Crippen LogP contribution in [0.4, 0.5) is 0 Å². The summed E-state index contributed by atoms with van der Waals surface area (Å²) >= 11 is 18.0.